The summed E-state index contributed by atoms with van der Waals surface area (Å²) in [7, 11) is 0. The maximum Gasteiger partial charge on any atom is 0.273 e. The maximum absolute atomic E-state index is 13.0. The van der Waals surface area contributed by atoms with Gasteiger partial charge in [-0.05, 0) is 32.6 Å². The van der Waals surface area contributed by atoms with Crippen LogP contribution in [0.25, 0.3) is 0 Å². The Labute approximate surface area is 153 Å². The maximum atomic E-state index is 13.0. The molecule has 26 heavy (non-hydrogen) atoms. The molecule has 3 aliphatic heterocycles. The largest absolute Gasteiger partial charge is 0.340 e. The van der Waals surface area contributed by atoms with E-state index in [0.717, 1.165) is 56.7 Å². The number of hydrogen-bond acceptors (Lipinski definition) is 4. The van der Waals surface area contributed by atoms with Crippen LogP contribution in [0.15, 0.2) is 10.9 Å². The Morgan fingerprint density at radius 2 is 1.96 bits per heavy atom. The lowest BCUT2D eigenvalue weighted by Crippen LogP contribution is -2.50. The van der Waals surface area contributed by atoms with Gasteiger partial charge in [-0.3, -0.25) is 14.4 Å². The van der Waals surface area contributed by atoms with Gasteiger partial charge in [0.25, 0.3) is 5.56 Å². The van der Waals surface area contributed by atoms with Crippen molar-refractivity contribution in [1.29, 1.82) is 0 Å². The SMILES string of the molecule is CC(C(=O)N1CCCC(c2cc(=O)nc3n2CCC3)C1)N1CCCC1=O. The minimum Gasteiger partial charge on any atom is -0.340 e. The van der Waals surface area contributed by atoms with Gasteiger partial charge in [-0.25, -0.2) is 0 Å². The number of fused-ring (bicyclic) bond motifs is 1. The van der Waals surface area contributed by atoms with Gasteiger partial charge in [-0.2, -0.15) is 4.98 Å². The number of carbonyl (C=O) groups excluding carboxylic acids is 2. The van der Waals surface area contributed by atoms with Crippen molar-refractivity contribution in [2.75, 3.05) is 19.6 Å². The molecule has 2 unspecified atom stereocenters. The molecule has 4 rings (SSSR count). The average molecular weight is 358 g/mol. The summed E-state index contributed by atoms with van der Waals surface area (Å²) >= 11 is 0. The van der Waals surface area contributed by atoms with E-state index in [1.54, 1.807) is 11.0 Å². The monoisotopic (exact) mass is 358 g/mol. The van der Waals surface area contributed by atoms with E-state index < -0.39 is 6.04 Å². The van der Waals surface area contributed by atoms with Gasteiger partial charge < -0.3 is 14.4 Å². The predicted octanol–water partition coefficient (Wildman–Crippen LogP) is 0.906. The molecular formula is C19H26N4O3. The van der Waals surface area contributed by atoms with E-state index in [4.69, 9.17) is 0 Å². The van der Waals surface area contributed by atoms with Crippen molar-refractivity contribution in [1.82, 2.24) is 19.4 Å². The lowest BCUT2D eigenvalue weighted by Gasteiger charge is -2.37. The topological polar surface area (TPSA) is 75.5 Å². The molecule has 0 radical (unpaired) electrons. The fourth-order valence-electron chi connectivity index (χ4n) is 4.65. The first-order valence-electron chi connectivity index (χ1n) is 9.73. The van der Waals surface area contributed by atoms with E-state index in [1.807, 2.05) is 11.8 Å². The van der Waals surface area contributed by atoms with Gasteiger partial charge in [0, 0.05) is 56.7 Å². The molecule has 0 aliphatic carbocycles. The summed E-state index contributed by atoms with van der Waals surface area (Å²) in [6, 6.07) is 1.26. The molecule has 2 amide bonds. The molecule has 1 aromatic rings. The standard InChI is InChI=1S/C19H26N4O3/c1-13(22-9-4-7-18(22)25)19(26)21-8-2-5-14(12-21)15-11-17(24)20-16-6-3-10-23(15)16/h11,13-14H,2-10,12H2,1H3. The van der Waals surface area contributed by atoms with Crippen LogP contribution < -0.4 is 5.56 Å². The fourth-order valence-corrected chi connectivity index (χ4v) is 4.65. The van der Waals surface area contributed by atoms with Gasteiger partial charge in [0.2, 0.25) is 11.8 Å². The molecule has 0 N–H and O–H groups in total. The van der Waals surface area contributed by atoms with Crippen LogP contribution in [0.3, 0.4) is 0 Å². The normalized spacial score (nSPS) is 24.0. The first-order chi connectivity index (χ1) is 12.5. The Hall–Kier alpha value is -2.18. The molecule has 0 aromatic carbocycles. The van der Waals surface area contributed by atoms with Gasteiger partial charge in [-0.15, -0.1) is 0 Å². The number of likely N-dealkylation sites (tertiary alicyclic amines) is 2. The van der Waals surface area contributed by atoms with Gasteiger partial charge >= 0.3 is 0 Å². The highest BCUT2D eigenvalue weighted by Gasteiger charge is 2.35. The van der Waals surface area contributed by atoms with Crippen molar-refractivity contribution in [2.24, 2.45) is 0 Å². The molecule has 7 heteroatoms. The van der Waals surface area contributed by atoms with Crippen LogP contribution in [0.1, 0.15) is 56.5 Å². The van der Waals surface area contributed by atoms with Crippen LogP contribution in [0, 0.1) is 0 Å². The molecule has 2 fully saturated rings. The first kappa shape index (κ1) is 17.2. The van der Waals surface area contributed by atoms with Crippen LogP contribution in [0.2, 0.25) is 0 Å². The van der Waals surface area contributed by atoms with Crippen molar-refractivity contribution in [3.05, 3.63) is 27.9 Å². The molecule has 1 aromatic heterocycles. The van der Waals surface area contributed by atoms with Crippen molar-refractivity contribution >= 4 is 11.8 Å². The number of carbonyl (C=O) groups is 2. The summed E-state index contributed by atoms with van der Waals surface area (Å²) in [5.41, 5.74) is 0.854. The van der Waals surface area contributed by atoms with Gasteiger partial charge in [-0.1, -0.05) is 0 Å². The van der Waals surface area contributed by atoms with Crippen molar-refractivity contribution in [3.63, 3.8) is 0 Å². The zero-order valence-corrected chi connectivity index (χ0v) is 15.3. The molecule has 140 valence electrons. The molecule has 2 atom stereocenters. The third-order valence-corrected chi connectivity index (χ3v) is 6.00. The minimum absolute atomic E-state index is 0.0306. The zero-order chi connectivity index (χ0) is 18.3. The number of aryl methyl sites for hydroxylation is 1. The highest BCUT2D eigenvalue weighted by Crippen LogP contribution is 2.29. The summed E-state index contributed by atoms with van der Waals surface area (Å²) in [5.74, 6) is 1.16. The lowest BCUT2D eigenvalue weighted by molar-refractivity contribution is -0.143. The summed E-state index contributed by atoms with van der Waals surface area (Å²) in [6.07, 6.45) is 5.16. The second kappa shape index (κ2) is 6.85. The Morgan fingerprint density at radius 3 is 2.73 bits per heavy atom. The highest BCUT2D eigenvalue weighted by atomic mass is 16.2. The van der Waals surface area contributed by atoms with E-state index in [9.17, 15) is 14.4 Å². The first-order valence-corrected chi connectivity index (χ1v) is 9.73. The van der Waals surface area contributed by atoms with Crippen molar-refractivity contribution in [3.8, 4) is 0 Å². The quantitative estimate of drug-likeness (QED) is 0.805. The summed E-state index contributed by atoms with van der Waals surface area (Å²) in [6.45, 7) is 4.76. The number of aromatic nitrogens is 2. The van der Waals surface area contributed by atoms with Gasteiger partial charge in [0.1, 0.15) is 11.9 Å². The van der Waals surface area contributed by atoms with Crippen LogP contribution in [-0.4, -0.2) is 56.8 Å². The highest BCUT2D eigenvalue weighted by molar-refractivity contribution is 5.88. The van der Waals surface area contributed by atoms with Crippen LogP contribution in [-0.2, 0) is 22.6 Å². The van der Waals surface area contributed by atoms with Crippen molar-refractivity contribution in [2.45, 2.75) is 64.0 Å². The van der Waals surface area contributed by atoms with E-state index in [2.05, 4.69) is 9.55 Å². The number of nitrogens with zero attached hydrogens (tertiary/aromatic N) is 4. The Balaban J connectivity index is 1.52. The molecule has 4 heterocycles. The summed E-state index contributed by atoms with van der Waals surface area (Å²) in [4.78, 5) is 44.6. The smallest absolute Gasteiger partial charge is 0.273 e. The molecule has 2 saturated heterocycles. The zero-order valence-electron chi connectivity index (χ0n) is 15.3. The van der Waals surface area contributed by atoms with Gasteiger partial charge in [0.05, 0.1) is 0 Å². The fraction of sp³-hybridized carbons (Fsp3) is 0.684. The lowest BCUT2D eigenvalue weighted by atomic mass is 9.93. The molecular weight excluding hydrogens is 332 g/mol. The Morgan fingerprint density at radius 1 is 1.15 bits per heavy atom. The Bertz CT molecular complexity index is 787. The second-order valence-electron chi connectivity index (χ2n) is 7.68. The van der Waals surface area contributed by atoms with E-state index in [1.165, 1.54) is 0 Å². The van der Waals surface area contributed by atoms with E-state index >= 15 is 0 Å². The molecule has 7 nitrogen and oxygen atoms in total. The number of hydrogen-bond donors (Lipinski definition) is 0. The number of piperidine rings is 1. The van der Waals surface area contributed by atoms with E-state index in [0.29, 0.717) is 19.5 Å². The third kappa shape index (κ3) is 3.04. The Kier molecular flexibility index (Phi) is 4.54. The summed E-state index contributed by atoms with van der Waals surface area (Å²) in [5, 5.41) is 0. The van der Waals surface area contributed by atoms with Crippen LogP contribution in [0.5, 0.6) is 0 Å². The molecule has 0 spiro atoms. The third-order valence-electron chi connectivity index (χ3n) is 6.00. The summed E-state index contributed by atoms with van der Waals surface area (Å²) < 4.78 is 2.17. The minimum atomic E-state index is -0.394. The predicted molar refractivity (Wildman–Crippen MR) is 95.8 cm³/mol. The molecule has 0 bridgehead atoms. The van der Waals surface area contributed by atoms with Crippen LogP contribution >= 0.6 is 0 Å². The second-order valence-corrected chi connectivity index (χ2v) is 7.68. The van der Waals surface area contributed by atoms with E-state index in [-0.39, 0.29) is 23.3 Å². The molecule has 0 saturated carbocycles. The average Bonchev–Trinajstić information content (AvgIpc) is 3.28. The number of amides is 2. The van der Waals surface area contributed by atoms with Gasteiger partial charge in [0.15, 0.2) is 0 Å². The van der Waals surface area contributed by atoms with Crippen molar-refractivity contribution < 1.29 is 9.59 Å². The molecule has 3 aliphatic rings. The number of rotatable bonds is 3. The van der Waals surface area contributed by atoms with Crippen LogP contribution in [0.4, 0.5) is 0 Å².